The molecule has 0 aromatic carbocycles. The second kappa shape index (κ2) is 4.94. The largest absolute Gasteiger partial charge is 0.381 e. The van der Waals surface area contributed by atoms with Gasteiger partial charge >= 0.3 is 0 Å². The second-order valence-electron chi connectivity index (χ2n) is 5.70. The zero-order chi connectivity index (χ0) is 12.4. The molecule has 0 spiro atoms. The number of rotatable bonds is 5. The van der Waals surface area contributed by atoms with Crippen molar-refractivity contribution in [3.63, 3.8) is 0 Å². The van der Waals surface area contributed by atoms with Gasteiger partial charge in [0, 0.05) is 19.8 Å². The molecule has 1 saturated heterocycles. The van der Waals surface area contributed by atoms with Crippen molar-refractivity contribution in [2.75, 3.05) is 19.8 Å². The third-order valence-electron chi connectivity index (χ3n) is 4.20. The summed E-state index contributed by atoms with van der Waals surface area (Å²) in [4.78, 5) is 12.1. The molecule has 0 aromatic heterocycles. The first-order valence-corrected chi connectivity index (χ1v) is 6.75. The summed E-state index contributed by atoms with van der Waals surface area (Å²) in [5.74, 6) is 0.0168. The highest BCUT2D eigenvalue weighted by atomic mass is 16.5. The summed E-state index contributed by atoms with van der Waals surface area (Å²) < 4.78 is 5.25. The Balaban J connectivity index is 1.80. The molecule has 1 aliphatic carbocycles. The maximum absolute atomic E-state index is 12.1. The molecule has 0 atom stereocenters. The van der Waals surface area contributed by atoms with Gasteiger partial charge in [-0.2, -0.15) is 0 Å². The quantitative estimate of drug-likeness (QED) is 0.758. The van der Waals surface area contributed by atoms with Crippen LogP contribution >= 0.6 is 0 Å². The topological polar surface area (TPSA) is 64.4 Å². The average Bonchev–Trinajstić information content (AvgIpc) is 3.08. The summed E-state index contributed by atoms with van der Waals surface area (Å²) in [6.07, 6.45) is 6.19. The predicted molar refractivity (Wildman–Crippen MR) is 66.6 cm³/mol. The van der Waals surface area contributed by atoms with E-state index in [1.165, 1.54) is 25.7 Å². The molecule has 4 nitrogen and oxygen atoms in total. The van der Waals surface area contributed by atoms with E-state index in [2.05, 4.69) is 12.2 Å². The number of hydrogen-bond donors (Lipinski definition) is 2. The van der Waals surface area contributed by atoms with E-state index in [4.69, 9.17) is 10.5 Å². The van der Waals surface area contributed by atoms with Gasteiger partial charge in [0.25, 0.3) is 0 Å². The number of nitrogens with two attached hydrogens (primary N) is 1. The first kappa shape index (κ1) is 12.8. The summed E-state index contributed by atoms with van der Waals surface area (Å²) in [6, 6.07) is 0. The minimum absolute atomic E-state index is 0.0168. The van der Waals surface area contributed by atoms with Gasteiger partial charge in [0.05, 0.1) is 5.54 Å². The third-order valence-corrected chi connectivity index (χ3v) is 4.20. The smallest absolute Gasteiger partial charge is 0.240 e. The van der Waals surface area contributed by atoms with Crippen LogP contribution in [0.1, 0.15) is 45.4 Å². The van der Waals surface area contributed by atoms with Crippen molar-refractivity contribution >= 4 is 5.91 Å². The van der Waals surface area contributed by atoms with E-state index in [0.29, 0.717) is 31.5 Å². The fraction of sp³-hybridized carbons (Fsp3) is 0.923. The number of ether oxygens (including phenoxy) is 1. The van der Waals surface area contributed by atoms with Crippen LogP contribution in [0, 0.1) is 5.41 Å². The molecule has 98 valence electrons. The van der Waals surface area contributed by atoms with Crippen molar-refractivity contribution < 1.29 is 9.53 Å². The van der Waals surface area contributed by atoms with E-state index < -0.39 is 5.54 Å². The Morgan fingerprint density at radius 2 is 1.94 bits per heavy atom. The Bertz CT molecular complexity index is 281. The standard InChI is InChI=1S/C13H24N2O2/c1-2-3-12(4-5-12)10-15-11(16)13(14)6-8-17-9-7-13/h2-10,14H2,1H3,(H,15,16). The molecule has 0 bridgehead atoms. The minimum atomic E-state index is -0.694. The Morgan fingerprint density at radius 1 is 1.29 bits per heavy atom. The molecule has 0 aromatic rings. The molecular weight excluding hydrogens is 216 g/mol. The maximum Gasteiger partial charge on any atom is 0.240 e. The summed E-state index contributed by atoms with van der Waals surface area (Å²) in [5.41, 5.74) is 5.84. The first-order chi connectivity index (χ1) is 8.10. The molecule has 1 saturated carbocycles. The summed E-state index contributed by atoms with van der Waals surface area (Å²) in [6.45, 7) is 4.21. The van der Waals surface area contributed by atoms with Crippen LogP contribution in [-0.2, 0) is 9.53 Å². The summed E-state index contributed by atoms with van der Waals surface area (Å²) in [7, 11) is 0. The van der Waals surface area contributed by atoms with Crippen molar-refractivity contribution in [1.82, 2.24) is 5.32 Å². The monoisotopic (exact) mass is 240 g/mol. The third kappa shape index (κ3) is 2.99. The van der Waals surface area contributed by atoms with Gasteiger partial charge in [-0.15, -0.1) is 0 Å². The molecule has 1 amide bonds. The van der Waals surface area contributed by atoms with Crippen molar-refractivity contribution in [3.8, 4) is 0 Å². The highest BCUT2D eigenvalue weighted by Crippen LogP contribution is 2.48. The Labute approximate surface area is 103 Å². The van der Waals surface area contributed by atoms with Crippen LogP contribution in [0.15, 0.2) is 0 Å². The van der Waals surface area contributed by atoms with E-state index in [9.17, 15) is 4.79 Å². The van der Waals surface area contributed by atoms with E-state index in [1.807, 2.05) is 0 Å². The lowest BCUT2D eigenvalue weighted by atomic mass is 9.90. The number of hydrogen-bond acceptors (Lipinski definition) is 3. The van der Waals surface area contributed by atoms with Gasteiger partial charge in [0.2, 0.25) is 5.91 Å². The van der Waals surface area contributed by atoms with Crippen molar-refractivity contribution in [3.05, 3.63) is 0 Å². The molecule has 17 heavy (non-hydrogen) atoms. The zero-order valence-corrected chi connectivity index (χ0v) is 10.8. The molecule has 0 radical (unpaired) electrons. The van der Waals surface area contributed by atoms with E-state index in [0.717, 1.165) is 6.54 Å². The minimum Gasteiger partial charge on any atom is -0.381 e. The number of amides is 1. The van der Waals surface area contributed by atoms with Crippen molar-refractivity contribution in [1.29, 1.82) is 0 Å². The lowest BCUT2D eigenvalue weighted by molar-refractivity contribution is -0.130. The van der Waals surface area contributed by atoms with Gasteiger partial charge < -0.3 is 15.8 Å². The van der Waals surface area contributed by atoms with E-state index >= 15 is 0 Å². The predicted octanol–water partition coefficient (Wildman–Crippen LogP) is 1.19. The van der Waals surface area contributed by atoms with Crippen LogP contribution in [0.3, 0.4) is 0 Å². The number of carbonyl (C=O) groups is 1. The lowest BCUT2D eigenvalue weighted by Crippen LogP contribution is -2.57. The molecule has 0 unspecified atom stereocenters. The van der Waals surface area contributed by atoms with Gasteiger partial charge in [-0.05, 0) is 37.5 Å². The van der Waals surface area contributed by atoms with Crippen LogP contribution < -0.4 is 11.1 Å². The average molecular weight is 240 g/mol. The Morgan fingerprint density at radius 3 is 2.47 bits per heavy atom. The van der Waals surface area contributed by atoms with Gasteiger partial charge in [0.15, 0.2) is 0 Å². The molecule has 2 fully saturated rings. The van der Waals surface area contributed by atoms with Crippen LogP contribution in [0.5, 0.6) is 0 Å². The second-order valence-corrected chi connectivity index (χ2v) is 5.70. The van der Waals surface area contributed by atoms with E-state index in [1.54, 1.807) is 0 Å². The molecule has 2 rings (SSSR count). The van der Waals surface area contributed by atoms with Crippen molar-refractivity contribution in [2.45, 2.75) is 51.0 Å². The summed E-state index contributed by atoms with van der Waals surface area (Å²) in [5, 5.41) is 3.06. The number of carbonyl (C=O) groups excluding carboxylic acids is 1. The number of nitrogens with one attached hydrogen (secondary N) is 1. The van der Waals surface area contributed by atoms with E-state index in [-0.39, 0.29) is 5.91 Å². The SMILES string of the molecule is CCCC1(CNC(=O)C2(N)CCOCC2)CC1. The van der Waals surface area contributed by atoms with Gasteiger partial charge in [0.1, 0.15) is 0 Å². The Hall–Kier alpha value is -0.610. The van der Waals surface area contributed by atoms with Crippen molar-refractivity contribution in [2.24, 2.45) is 11.1 Å². The maximum atomic E-state index is 12.1. The fourth-order valence-corrected chi connectivity index (χ4v) is 2.63. The van der Waals surface area contributed by atoms with Gasteiger partial charge in [-0.3, -0.25) is 4.79 Å². The molecular formula is C13H24N2O2. The van der Waals surface area contributed by atoms with Gasteiger partial charge in [-0.25, -0.2) is 0 Å². The zero-order valence-electron chi connectivity index (χ0n) is 10.8. The van der Waals surface area contributed by atoms with Crippen LogP contribution in [0.4, 0.5) is 0 Å². The molecule has 3 N–H and O–H groups in total. The molecule has 1 aliphatic heterocycles. The highest BCUT2D eigenvalue weighted by molar-refractivity contribution is 5.86. The first-order valence-electron chi connectivity index (χ1n) is 6.75. The van der Waals surface area contributed by atoms with Gasteiger partial charge in [-0.1, -0.05) is 13.3 Å². The summed E-state index contributed by atoms with van der Waals surface area (Å²) >= 11 is 0. The fourth-order valence-electron chi connectivity index (χ4n) is 2.63. The molecule has 2 aliphatic rings. The normalized spacial score (nSPS) is 25.3. The lowest BCUT2D eigenvalue weighted by Gasteiger charge is -2.32. The highest BCUT2D eigenvalue weighted by Gasteiger charge is 2.43. The Kier molecular flexibility index (Phi) is 3.73. The van der Waals surface area contributed by atoms with Crippen LogP contribution in [0.2, 0.25) is 0 Å². The molecule has 1 heterocycles. The molecule has 4 heteroatoms. The van der Waals surface area contributed by atoms with Crippen LogP contribution in [-0.4, -0.2) is 31.2 Å². The van der Waals surface area contributed by atoms with Crippen LogP contribution in [0.25, 0.3) is 0 Å².